The van der Waals surface area contributed by atoms with E-state index in [0.29, 0.717) is 17.5 Å². The minimum Gasteiger partial charge on any atom is -0.465 e. The van der Waals surface area contributed by atoms with Crippen molar-refractivity contribution in [3.63, 3.8) is 0 Å². The summed E-state index contributed by atoms with van der Waals surface area (Å²) in [5.41, 5.74) is 4.26. The van der Waals surface area contributed by atoms with Gasteiger partial charge in [0.05, 0.1) is 35.1 Å². The van der Waals surface area contributed by atoms with E-state index in [2.05, 4.69) is 18.9 Å². The molecule has 0 saturated carbocycles. The Bertz CT molecular complexity index is 1750. The van der Waals surface area contributed by atoms with Crippen molar-refractivity contribution in [1.29, 1.82) is 0 Å². The van der Waals surface area contributed by atoms with Gasteiger partial charge in [-0.2, -0.15) is 0 Å². The number of hydrogen-bond acceptors (Lipinski definition) is 8. The number of nitrogens with one attached hydrogen (secondary N) is 2. The molecule has 0 radical (unpaired) electrons. The summed E-state index contributed by atoms with van der Waals surface area (Å²) >= 11 is 0. The Morgan fingerprint density at radius 3 is 1.29 bits per heavy atom. The van der Waals surface area contributed by atoms with Gasteiger partial charge in [0.1, 0.15) is 0 Å². The first-order valence-corrected chi connectivity index (χ1v) is 15.2. The molecule has 0 aromatic heterocycles. The van der Waals surface area contributed by atoms with Crippen molar-refractivity contribution in [2.75, 3.05) is 23.7 Å². The van der Waals surface area contributed by atoms with Crippen molar-refractivity contribution < 1.29 is 35.9 Å². The van der Waals surface area contributed by atoms with Crippen molar-refractivity contribution in [2.45, 2.75) is 16.2 Å². The van der Waals surface area contributed by atoms with Crippen LogP contribution in [-0.2, 0) is 35.9 Å². The van der Waals surface area contributed by atoms with E-state index in [1.165, 1.54) is 74.9 Å². The van der Waals surface area contributed by atoms with Crippen LogP contribution in [0.3, 0.4) is 0 Å². The molecule has 0 heterocycles. The van der Waals surface area contributed by atoms with Crippen LogP contribution in [-0.4, -0.2) is 43.0 Å². The van der Waals surface area contributed by atoms with Gasteiger partial charge in [0, 0.05) is 11.4 Å². The molecule has 4 aromatic carbocycles. The smallest absolute Gasteiger partial charge is 0.337 e. The van der Waals surface area contributed by atoms with Gasteiger partial charge >= 0.3 is 11.9 Å². The molecule has 0 amide bonds. The molecule has 4 aromatic rings. The highest BCUT2D eigenvalue weighted by Gasteiger charge is 2.25. The molecule has 41 heavy (non-hydrogen) atoms. The standard InChI is InChI=1S/C29H24N2O8S2/c1-38-28(32)18-3-7-22(8-4-18)30-40(34,35)24-11-13-26-20(16-24)15-21-17-25(12-14-27(21)26)41(36,37)31-23-9-5-19(6-10-23)29(33)39-2/h3-14,16-17,30-31H,15H2,1-2H3. The molecule has 10 nitrogen and oxygen atoms in total. The summed E-state index contributed by atoms with van der Waals surface area (Å²) in [6, 6.07) is 21.2. The molecule has 0 unspecified atom stereocenters. The van der Waals surface area contributed by atoms with Crippen LogP contribution in [0.4, 0.5) is 11.4 Å². The summed E-state index contributed by atoms with van der Waals surface area (Å²) < 4.78 is 66.6. The number of hydrogen-bond donors (Lipinski definition) is 2. The molecule has 5 rings (SSSR count). The van der Waals surface area contributed by atoms with E-state index < -0.39 is 32.0 Å². The van der Waals surface area contributed by atoms with Gasteiger partial charge in [0.15, 0.2) is 0 Å². The summed E-state index contributed by atoms with van der Waals surface area (Å²) in [6.45, 7) is 0. The molecule has 0 spiro atoms. The third-order valence-corrected chi connectivity index (χ3v) is 9.32. The highest BCUT2D eigenvalue weighted by Crippen LogP contribution is 2.39. The van der Waals surface area contributed by atoms with Crippen LogP contribution in [0.2, 0.25) is 0 Å². The van der Waals surface area contributed by atoms with E-state index in [9.17, 15) is 26.4 Å². The lowest BCUT2D eigenvalue weighted by atomic mass is 10.1. The summed E-state index contributed by atoms with van der Waals surface area (Å²) in [4.78, 5) is 23.3. The summed E-state index contributed by atoms with van der Waals surface area (Å²) in [5, 5.41) is 0. The van der Waals surface area contributed by atoms with Crippen LogP contribution >= 0.6 is 0 Å². The number of ether oxygens (including phenoxy) is 2. The van der Waals surface area contributed by atoms with Gasteiger partial charge in [-0.25, -0.2) is 26.4 Å². The molecule has 210 valence electrons. The molecule has 1 aliphatic rings. The van der Waals surface area contributed by atoms with Gasteiger partial charge in [-0.3, -0.25) is 9.44 Å². The monoisotopic (exact) mass is 592 g/mol. The molecule has 12 heteroatoms. The van der Waals surface area contributed by atoms with E-state index in [0.717, 1.165) is 22.3 Å². The second-order valence-corrected chi connectivity index (χ2v) is 12.5. The Hall–Kier alpha value is -4.68. The summed E-state index contributed by atoms with van der Waals surface area (Å²) in [5.74, 6) is -1.06. The first kappa shape index (κ1) is 27.9. The van der Waals surface area contributed by atoms with Crippen molar-refractivity contribution in [2.24, 2.45) is 0 Å². The molecular weight excluding hydrogens is 568 g/mol. The van der Waals surface area contributed by atoms with E-state index >= 15 is 0 Å². The number of methoxy groups -OCH3 is 2. The van der Waals surface area contributed by atoms with Gasteiger partial charge < -0.3 is 9.47 Å². The van der Waals surface area contributed by atoms with Gasteiger partial charge in [0.2, 0.25) is 0 Å². The number of anilines is 2. The predicted molar refractivity (Wildman–Crippen MR) is 152 cm³/mol. The fraction of sp³-hybridized carbons (Fsp3) is 0.103. The minimum absolute atomic E-state index is 0.0472. The lowest BCUT2D eigenvalue weighted by Crippen LogP contribution is -2.13. The quantitative estimate of drug-likeness (QED) is 0.252. The summed E-state index contributed by atoms with van der Waals surface area (Å²) in [7, 11) is -5.36. The maximum Gasteiger partial charge on any atom is 0.337 e. The van der Waals surface area contributed by atoms with E-state index in [4.69, 9.17) is 0 Å². The Morgan fingerprint density at radius 2 is 0.951 bits per heavy atom. The minimum atomic E-state index is -3.94. The molecule has 0 aliphatic heterocycles. The van der Waals surface area contributed by atoms with Crippen molar-refractivity contribution in [1.82, 2.24) is 0 Å². The maximum absolute atomic E-state index is 13.1. The molecule has 0 fully saturated rings. The fourth-order valence-electron chi connectivity index (χ4n) is 4.51. The Balaban J connectivity index is 1.34. The SMILES string of the molecule is COC(=O)c1ccc(NS(=O)(=O)c2ccc3c(c2)Cc2cc(S(=O)(=O)Nc4ccc(C(=O)OC)cc4)ccc2-3)cc1. The number of carbonyl (C=O) groups excluding carboxylic acids is 2. The van der Waals surface area contributed by atoms with Gasteiger partial charge in [-0.15, -0.1) is 0 Å². The second-order valence-electron chi connectivity index (χ2n) is 9.16. The van der Waals surface area contributed by atoms with Crippen LogP contribution in [0.15, 0.2) is 94.7 Å². The molecule has 1 aliphatic carbocycles. The number of fused-ring (bicyclic) bond motifs is 3. The van der Waals surface area contributed by atoms with Gasteiger partial charge in [0.25, 0.3) is 20.0 Å². The molecular formula is C29H24N2O8S2. The predicted octanol–water partition coefficient (Wildman–Crippen LogP) is 4.43. The van der Waals surface area contributed by atoms with Crippen LogP contribution in [0.5, 0.6) is 0 Å². The Morgan fingerprint density at radius 1 is 0.585 bits per heavy atom. The number of carbonyl (C=O) groups is 2. The largest absolute Gasteiger partial charge is 0.465 e. The van der Waals surface area contributed by atoms with Crippen LogP contribution < -0.4 is 9.44 Å². The molecule has 2 N–H and O–H groups in total. The average Bonchev–Trinajstić information content (AvgIpc) is 3.34. The highest BCUT2D eigenvalue weighted by atomic mass is 32.2. The topological polar surface area (TPSA) is 145 Å². The average molecular weight is 593 g/mol. The van der Waals surface area contributed by atoms with E-state index in [1.54, 1.807) is 24.3 Å². The molecule has 0 saturated heterocycles. The zero-order valence-electron chi connectivity index (χ0n) is 21.9. The zero-order chi connectivity index (χ0) is 29.4. The lowest BCUT2D eigenvalue weighted by Gasteiger charge is -2.11. The van der Waals surface area contributed by atoms with Crippen molar-refractivity contribution in [3.05, 3.63) is 107 Å². The Kier molecular flexibility index (Phi) is 7.28. The zero-order valence-corrected chi connectivity index (χ0v) is 23.5. The highest BCUT2D eigenvalue weighted by molar-refractivity contribution is 7.93. The van der Waals surface area contributed by atoms with Crippen LogP contribution in [0.25, 0.3) is 11.1 Å². The van der Waals surface area contributed by atoms with Crippen molar-refractivity contribution >= 4 is 43.4 Å². The normalized spacial score (nSPS) is 12.1. The third-order valence-electron chi connectivity index (χ3n) is 6.56. The first-order chi connectivity index (χ1) is 19.5. The number of esters is 2. The second kappa shape index (κ2) is 10.7. The number of sulfonamides is 2. The van der Waals surface area contributed by atoms with Crippen LogP contribution in [0, 0.1) is 0 Å². The van der Waals surface area contributed by atoms with E-state index in [1.807, 2.05) is 0 Å². The van der Waals surface area contributed by atoms with Crippen molar-refractivity contribution in [3.8, 4) is 11.1 Å². The fourth-order valence-corrected chi connectivity index (χ4v) is 6.73. The van der Waals surface area contributed by atoms with Gasteiger partial charge in [-0.05, 0) is 101 Å². The Labute approximate surface area is 237 Å². The molecule has 0 bridgehead atoms. The van der Waals surface area contributed by atoms with Gasteiger partial charge in [-0.1, -0.05) is 12.1 Å². The lowest BCUT2D eigenvalue weighted by molar-refractivity contribution is 0.0592. The molecule has 0 atom stereocenters. The van der Waals surface area contributed by atoms with E-state index in [-0.39, 0.29) is 21.2 Å². The maximum atomic E-state index is 13.1. The summed E-state index contributed by atoms with van der Waals surface area (Å²) in [6.07, 6.45) is 0.346. The first-order valence-electron chi connectivity index (χ1n) is 12.2. The number of rotatable bonds is 8. The third kappa shape index (κ3) is 5.65. The van der Waals surface area contributed by atoms with Crippen LogP contribution in [0.1, 0.15) is 31.8 Å². The number of benzene rings is 4.